The summed E-state index contributed by atoms with van der Waals surface area (Å²) in [6, 6.07) is 10.3. The molecule has 0 saturated carbocycles. The van der Waals surface area contributed by atoms with Crippen LogP contribution in [0, 0.1) is 0 Å². The van der Waals surface area contributed by atoms with Gasteiger partial charge in [0.2, 0.25) is 0 Å². The Morgan fingerprint density at radius 1 is 0.962 bits per heavy atom. The zero-order chi connectivity index (χ0) is 17.8. The molecule has 7 nitrogen and oxygen atoms in total. The molecule has 2 aromatic rings. The number of amides is 2. The number of aromatic nitrogens is 2. The minimum absolute atomic E-state index is 0.157. The summed E-state index contributed by atoms with van der Waals surface area (Å²) < 4.78 is 7.24. The van der Waals surface area contributed by atoms with Crippen molar-refractivity contribution in [2.45, 2.75) is 6.54 Å². The Morgan fingerprint density at radius 3 is 2.38 bits per heavy atom. The van der Waals surface area contributed by atoms with Crippen LogP contribution in [0.15, 0.2) is 42.7 Å². The minimum Gasteiger partial charge on any atom is -0.378 e. The highest BCUT2D eigenvalue weighted by molar-refractivity contribution is 5.74. The molecule has 138 valence electrons. The van der Waals surface area contributed by atoms with Crippen LogP contribution in [-0.4, -0.2) is 83.0 Å². The summed E-state index contributed by atoms with van der Waals surface area (Å²) in [4.78, 5) is 18.8. The molecule has 0 bridgehead atoms. The Balaban J connectivity index is 1.29. The number of ether oxygens (including phenoxy) is 1. The number of piperazine rings is 1. The summed E-state index contributed by atoms with van der Waals surface area (Å²) in [5.41, 5.74) is 2.27. The Morgan fingerprint density at radius 2 is 1.65 bits per heavy atom. The lowest BCUT2D eigenvalue weighted by Gasteiger charge is -2.38. The number of para-hydroxylation sites is 1. The smallest absolute Gasteiger partial charge is 0.320 e. The van der Waals surface area contributed by atoms with Gasteiger partial charge in [-0.25, -0.2) is 9.48 Å². The molecule has 0 N–H and O–H groups in total. The van der Waals surface area contributed by atoms with Gasteiger partial charge in [0.25, 0.3) is 0 Å². The van der Waals surface area contributed by atoms with E-state index in [-0.39, 0.29) is 6.03 Å². The largest absolute Gasteiger partial charge is 0.378 e. The van der Waals surface area contributed by atoms with Crippen LogP contribution in [0.3, 0.4) is 0 Å². The maximum atomic E-state index is 12.5. The molecule has 0 radical (unpaired) electrons. The molecular formula is C19H25N5O2. The number of rotatable bonds is 3. The predicted octanol–water partition coefficient (Wildman–Crippen LogP) is 1.44. The van der Waals surface area contributed by atoms with E-state index in [2.05, 4.69) is 16.2 Å². The normalized spacial score (nSPS) is 18.9. The third-order valence-electron chi connectivity index (χ3n) is 4.99. The van der Waals surface area contributed by atoms with Crippen LogP contribution in [0.25, 0.3) is 5.69 Å². The van der Waals surface area contributed by atoms with Crippen LogP contribution in [-0.2, 0) is 11.3 Å². The first-order chi connectivity index (χ1) is 12.8. The van der Waals surface area contributed by atoms with Crippen molar-refractivity contribution in [1.29, 1.82) is 0 Å². The van der Waals surface area contributed by atoms with Gasteiger partial charge in [-0.3, -0.25) is 4.90 Å². The standard InChI is InChI=1S/C19H25N5O2/c25-19(23-10-12-26-13-11-23)22-8-6-21(7-9-22)15-17-14-20-24(16-17)18-4-2-1-3-5-18/h1-5,14,16H,6-13,15H2. The molecule has 0 aliphatic carbocycles. The van der Waals surface area contributed by atoms with E-state index >= 15 is 0 Å². The summed E-state index contributed by atoms with van der Waals surface area (Å²) in [6.45, 7) is 6.93. The molecule has 4 rings (SSSR count). The van der Waals surface area contributed by atoms with Gasteiger partial charge in [0.15, 0.2) is 0 Å². The summed E-state index contributed by atoms with van der Waals surface area (Å²) in [5, 5.41) is 4.46. The number of benzene rings is 1. The average Bonchev–Trinajstić information content (AvgIpc) is 3.18. The van der Waals surface area contributed by atoms with Gasteiger partial charge in [0.05, 0.1) is 25.1 Å². The van der Waals surface area contributed by atoms with Gasteiger partial charge in [-0.1, -0.05) is 18.2 Å². The molecule has 0 atom stereocenters. The van der Waals surface area contributed by atoms with Crippen LogP contribution in [0.1, 0.15) is 5.56 Å². The molecule has 2 saturated heterocycles. The van der Waals surface area contributed by atoms with Crippen molar-refractivity contribution >= 4 is 6.03 Å². The van der Waals surface area contributed by atoms with Crippen molar-refractivity contribution in [3.63, 3.8) is 0 Å². The van der Waals surface area contributed by atoms with Crippen molar-refractivity contribution < 1.29 is 9.53 Å². The van der Waals surface area contributed by atoms with Crippen LogP contribution in [0.5, 0.6) is 0 Å². The van der Waals surface area contributed by atoms with E-state index in [4.69, 9.17) is 4.74 Å². The number of nitrogens with zero attached hydrogens (tertiary/aromatic N) is 5. The monoisotopic (exact) mass is 355 g/mol. The highest BCUT2D eigenvalue weighted by atomic mass is 16.5. The first kappa shape index (κ1) is 17.1. The average molecular weight is 355 g/mol. The molecule has 2 aliphatic heterocycles. The maximum Gasteiger partial charge on any atom is 0.320 e. The molecular weight excluding hydrogens is 330 g/mol. The Bertz CT molecular complexity index is 719. The van der Waals surface area contributed by atoms with Gasteiger partial charge in [-0.15, -0.1) is 0 Å². The summed E-state index contributed by atoms with van der Waals surface area (Å²) in [6.07, 6.45) is 4.01. The van der Waals surface area contributed by atoms with E-state index in [9.17, 15) is 4.79 Å². The Labute approximate surface area is 153 Å². The fraction of sp³-hybridized carbons (Fsp3) is 0.474. The quantitative estimate of drug-likeness (QED) is 0.836. The fourth-order valence-electron chi connectivity index (χ4n) is 3.47. The number of hydrogen-bond acceptors (Lipinski definition) is 4. The molecule has 2 aliphatic rings. The van der Waals surface area contributed by atoms with E-state index in [1.54, 1.807) is 0 Å². The highest BCUT2D eigenvalue weighted by Gasteiger charge is 2.26. The lowest BCUT2D eigenvalue weighted by molar-refractivity contribution is 0.0373. The van der Waals surface area contributed by atoms with Gasteiger partial charge in [-0.05, 0) is 12.1 Å². The van der Waals surface area contributed by atoms with Crippen molar-refractivity contribution in [1.82, 2.24) is 24.5 Å². The van der Waals surface area contributed by atoms with E-state index in [1.807, 2.05) is 51.0 Å². The Kier molecular flexibility index (Phi) is 5.17. The molecule has 1 aromatic carbocycles. The van der Waals surface area contributed by atoms with Gasteiger partial charge in [-0.2, -0.15) is 5.10 Å². The van der Waals surface area contributed by atoms with Crippen LogP contribution < -0.4 is 0 Å². The molecule has 7 heteroatoms. The van der Waals surface area contributed by atoms with Gasteiger partial charge < -0.3 is 14.5 Å². The number of hydrogen-bond donors (Lipinski definition) is 0. The minimum atomic E-state index is 0.157. The number of morpholine rings is 1. The van der Waals surface area contributed by atoms with E-state index < -0.39 is 0 Å². The zero-order valence-corrected chi connectivity index (χ0v) is 15.0. The van der Waals surface area contributed by atoms with Crippen molar-refractivity contribution in [3.05, 3.63) is 48.3 Å². The summed E-state index contributed by atoms with van der Waals surface area (Å²) in [5.74, 6) is 0. The number of urea groups is 1. The van der Waals surface area contributed by atoms with E-state index in [1.165, 1.54) is 5.56 Å². The Hall–Kier alpha value is -2.38. The molecule has 0 unspecified atom stereocenters. The molecule has 2 fully saturated rings. The van der Waals surface area contributed by atoms with Crippen LogP contribution >= 0.6 is 0 Å². The second-order valence-electron chi connectivity index (χ2n) is 6.77. The summed E-state index contributed by atoms with van der Waals surface area (Å²) in [7, 11) is 0. The van der Waals surface area contributed by atoms with Gasteiger partial charge >= 0.3 is 6.03 Å². The van der Waals surface area contributed by atoms with Crippen LogP contribution in [0.2, 0.25) is 0 Å². The second-order valence-corrected chi connectivity index (χ2v) is 6.77. The van der Waals surface area contributed by atoms with Crippen molar-refractivity contribution in [3.8, 4) is 5.69 Å². The van der Waals surface area contributed by atoms with Crippen molar-refractivity contribution in [2.75, 3.05) is 52.5 Å². The van der Waals surface area contributed by atoms with Gasteiger partial charge in [0.1, 0.15) is 0 Å². The van der Waals surface area contributed by atoms with Gasteiger partial charge in [0, 0.05) is 57.6 Å². The first-order valence-electron chi connectivity index (χ1n) is 9.22. The zero-order valence-electron chi connectivity index (χ0n) is 15.0. The third-order valence-corrected chi connectivity index (χ3v) is 4.99. The maximum absolute atomic E-state index is 12.5. The predicted molar refractivity (Wildman–Crippen MR) is 98.2 cm³/mol. The molecule has 3 heterocycles. The van der Waals surface area contributed by atoms with E-state index in [0.29, 0.717) is 26.3 Å². The summed E-state index contributed by atoms with van der Waals surface area (Å²) >= 11 is 0. The fourth-order valence-corrected chi connectivity index (χ4v) is 3.47. The molecule has 26 heavy (non-hydrogen) atoms. The van der Waals surface area contributed by atoms with E-state index in [0.717, 1.165) is 38.4 Å². The lowest BCUT2D eigenvalue weighted by Crippen LogP contribution is -2.54. The molecule has 2 amide bonds. The molecule has 1 aromatic heterocycles. The highest BCUT2D eigenvalue weighted by Crippen LogP contribution is 2.13. The topological polar surface area (TPSA) is 53.8 Å². The lowest BCUT2D eigenvalue weighted by atomic mass is 10.2. The molecule has 0 spiro atoms. The third kappa shape index (κ3) is 3.89. The SMILES string of the molecule is O=C(N1CCOCC1)N1CCN(Cc2cnn(-c3ccccc3)c2)CC1. The second kappa shape index (κ2) is 7.88. The van der Waals surface area contributed by atoms with Crippen molar-refractivity contribution in [2.24, 2.45) is 0 Å². The van der Waals surface area contributed by atoms with Crippen LogP contribution in [0.4, 0.5) is 4.79 Å². The number of carbonyl (C=O) groups excluding carboxylic acids is 1. The first-order valence-corrected chi connectivity index (χ1v) is 9.22. The number of carbonyl (C=O) groups is 1.